The third-order valence-corrected chi connectivity index (χ3v) is 4.93. The molecule has 2 aliphatic rings. The molecule has 1 aromatic carbocycles. The zero-order chi connectivity index (χ0) is 19.8. The second kappa shape index (κ2) is 7.32. The number of hydrogen-bond donors (Lipinski definition) is 0. The average molecular weight is 381 g/mol. The molecule has 1 saturated carbocycles. The third-order valence-electron chi connectivity index (χ3n) is 4.93. The Morgan fingerprint density at radius 3 is 2.63 bits per heavy atom. The Balaban J connectivity index is 1.88. The van der Waals surface area contributed by atoms with Gasteiger partial charge in [0.15, 0.2) is 0 Å². The van der Waals surface area contributed by atoms with Crippen molar-refractivity contribution in [2.45, 2.75) is 51.7 Å². The van der Waals surface area contributed by atoms with E-state index in [-0.39, 0.29) is 30.4 Å². The van der Waals surface area contributed by atoms with Gasteiger partial charge in [-0.25, -0.2) is 5.01 Å². The molecule has 1 fully saturated rings. The van der Waals surface area contributed by atoms with E-state index in [0.29, 0.717) is 5.69 Å². The maximum atomic E-state index is 13.0. The first kappa shape index (κ1) is 19.4. The number of carbonyl (C=O) groups is 2. The minimum atomic E-state index is -4.49. The van der Waals surface area contributed by atoms with Crippen LogP contribution in [0.4, 0.5) is 18.9 Å². The average Bonchev–Trinajstić information content (AvgIpc) is 3.43. The summed E-state index contributed by atoms with van der Waals surface area (Å²) in [6.07, 6.45) is -2.76. The monoisotopic (exact) mass is 381 g/mol. The van der Waals surface area contributed by atoms with E-state index in [1.807, 2.05) is 13.0 Å². The highest BCUT2D eigenvalue weighted by Gasteiger charge is 2.42. The molecule has 27 heavy (non-hydrogen) atoms. The minimum absolute atomic E-state index is 0.00661. The van der Waals surface area contributed by atoms with Gasteiger partial charge in [-0.05, 0) is 50.3 Å². The minimum Gasteiger partial charge on any atom is -0.325 e. The fraction of sp³-hybridized carbons (Fsp3) is 0.526. The topological polar surface area (TPSA) is 53.0 Å². The van der Waals surface area contributed by atoms with E-state index in [9.17, 15) is 22.8 Å². The van der Waals surface area contributed by atoms with Gasteiger partial charge in [0, 0.05) is 18.9 Å². The number of benzene rings is 1. The Labute approximate surface area is 155 Å². The van der Waals surface area contributed by atoms with Gasteiger partial charge >= 0.3 is 6.18 Å². The highest BCUT2D eigenvalue weighted by molar-refractivity contribution is 6.40. The van der Waals surface area contributed by atoms with Crippen LogP contribution in [-0.4, -0.2) is 41.2 Å². The zero-order valence-electron chi connectivity index (χ0n) is 15.3. The van der Waals surface area contributed by atoms with Crippen LogP contribution in [0.5, 0.6) is 0 Å². The molecule has 0 radical (unpaired) electrons. The molecule has 0 unspecified atom stereocenters. The van der Waals surface area contributed by atoms with E-state index in [0.717, 1.165) is 28.3 Å². The molecule has 1 atom stereocenters. The number of hydrazone groups is 1. The van der Waals surface area contributed by atoms with Crippen molar-refractivity contribution < 1.29 is 22.8 Å². The van der Waals surface area contributed by atoms with Crippen molar-refractivity contribution in [2.75, 3.05) is 11.6 Å². The predicted molar refractivity (Wildman–Crippen MR) is 95.3 cm³/mol. The van der Waals surface area contributed by atoms with Crippen LogP contribution in [0.3, 0.4) is 0 Å². The van der Waals surface area contributed by atoms with Crippen LogP contribution in [0.25, 0.3) is 0 Å². The Hall–Kier alpha value is -2.38. The van der Waals surface area contributed by atoms with Gasteiger partial charge in [0.05, 0.1) is 5.69 Å². The van der Waals surface area contributed by atoms with Crippen molar-refractivity contribution in [3.63, 3.8) is 0 Å². The highest BCUT2D eigenvalue weighted by Crippen LogP contribution is 2.36. The first-order valence-electron chi connectivity index (χ1n) is 9.00. The second-order valence-corrected chi connectivity index (χ2v) is 7.22. The van der Waals surface area contributed by atoms with Crippen molar-refractivity contribution in [3.8, 4) is 0 Å². The van der Waals surface area contributed by atoms with E-state index in [4.69, 9.17) is 0 Å². The van der Waals surface area contributed by atoms with Gasteiger partial charge < -0.3 is 4.90 Å². The van der Waals surface area contributed by atoms with E-state index < -0.39 is 24.7 Å². The Kier molecular flexibility index (Phi) is 5.26. The van der Waals surface area contributed by atoms with Crippen LogP contribution < -0.4 is 5.01 Å². The normalized spacial score (nSPS) is 18.9. The summed E-state index contributed by atoms with van der Waals surface area (Å²) in [5.41, 5.74) is 1.41. The summed E-state index contributed by atoms with van der Waals surface area (Å²) < 4.78 is 39.1. The Morgan fingerprint density at radius 1 is 1.33 bits per heavy atom. The number of hydrogen-bond acceptors (Lipinski definition) is 3. The quantitative estimate of drug-likeness (QED) is 0.782. The number of carbonyl (C=O) groups excluding carboxylic acids is 2. The van der Waals surface area contributed by atoms with Gasteiger partial charge in [-0.1, -0.05) is 12.1 Å². The summed E-state index contributed by atoms with van der Waals surface area (Å²) in [5, 5.41) is 5.25. The largest absolute Gasteiger partial charge is 0.406 e. The molecule has 1 aliphatic heterocycles. The van der Waals surface area contributed by atoms with Crippen molar-refractivity contribution in [1.82, 2.24) is 4.90 Å². The highest BCUT2D eigenvalue weighted by atomic mass is 19.4. The zero-order valence-corrected chi connectivity index (χ0v) is 15.3. The lowest BCUT2D eigenvalue weighted by Gasteiger charge is -2.32. The standard InChI is InChI=1S/C19H22F3N3O2/c1-12-4-3-5-15(10-12)25-17(26)9-8-16(23-25)18(27)24(11-19(20,21)22)13(2)14-6-7-14/h3-5,10,13-14H,6-9,11H2,1-2H3/t13-/m0/s1. The van der Waals surface area contributed by atoms with Crippen LogP contribution >= 0.6 is 0 Å². The van der Waals surface area contributed by atoms with Gasteiger partial charge in [-0.15, -0.1) is 0 Å². The SMILES string of the molecule is Cc1cccc(N2N=C(C(=O)N(CC(F)(F)F)[C@@H](C)C3CC3)CCC2=O)c1. The molecule has 1 heterocycles. The number of aryl methyl sites for hydroxylation is 1. The molecule has 0 N–H and O–H groups in total. The van der Waals surface area contributed by atoms with Crippen molar-refractivity contribution in [2.24, 2.45) is 11.0 Å². The molecule has 0 bridgehead atoms. The van der Waals surface area contributed by atoms with Crippen LogP contribution in [0.1, 0.15) is 38.2 Å². The first-order chi connectivity index (χ1) is 12.7. The number of alkyl halides is 3. The number of nitrogens with zero attached hydrogens (tertiary/aromatic N) is 3. The molecule has 146 valence electrons. The molecule has 8 heteroatoms. The van der Waals surface area contributed by atoms with Crippen LogP contribution in [0.15, 0.2) is 29.4 Å². The van der Waals surface area contributed by atoms with E-state index in [1.165, 1.54) is 0 Å². The first-order valence-corrected chi connectivity index (χ1v) is 9.00. The van der Waals surface area contributed by atoms with Crippen LogP contribution in [0.2, 0.25) is 0 Å². The number of rotatable bonds is 5. The smallest absolute Gasteiger partial charge is 0.325 e. The predicted octanol–water partition coefficient (Wildman–Crippen LogP) is 3.67. The summed E-state index contributed by atoms with van der Waals surface area (Å²) in [6, 6.07) is 6.54. The summed E-state index contributed by atoms with van der Waals surface area (Å²) in [4.78, 5) is 26.0. The lowest BCUT2D eigenvalue weighted by atomic mass is 10.1. The summed E-state index contributed by atoms with van der Waals surface area (Å²) in [5.74, 6) is -0.929. The molecular weight excluding hydrogens is 359 g/mol. The van der Waals surface area contributed by atoms with Crippen LogP contribution in [0, 0.1) is 12.8 Å². The summed E-state index contributed by atoms with van der Waals surface area (Å²) >= 11 is 0. The van der Waals surface area contributed by atoms with Gasteiger partial charge in [0.2, 0.25) is 5.91 Å². The van der Waals surface area contributed by atoms with Crippen molar-refractivity contribution in [1.29, 1.82) is 0 Å². The van der Waals surface area contributed by atoms with Gasteiger partial charge in [-0.3, -0.25) is 9.59 Å². The Morgan fingerprint density at radius 2 is 2.04 bits per heavy atom. The molecule has 5 nitrogen and oxygen atoms in total. The number of anilines is 1. The molecule has 1 aliphatic carbocycles. The lowest BCUT2D eigenvalue weighted by molar-refractivity contribution is -0.161. The fourth-order valence-corrected chi connectivity index (χ4v) is 3.26. The molecule has 0 spiro atoms. The summed E-state index contributed by atoms with van der Waals surface area (Å²) in [6.45, 7) is 2.20. The van der Waals surface area contributed by atoms with Gasteiger partial charge in [0.25, 0.3) is 5.91 Å². The second-order valence-electron chi connectivity index (χ2n) is 7.22. The number of amides is 2. The van der Waals surface area contributed by atoms with E-state index in [1.54, 1.807) is 25.1 Å². The molecular formula is C19H22F3N3O2. The van der Waals surface area contributed by atoms with Crippen molar-refractivity contribution in [3.05, 3.63) is 29.8 Å². The van der Waals surface area contributed by atoms with E-state index >= 15 is 0 Å². The maximum Gasteiger partial charge on any atom is 0.406 e. The fourth-order valence-electron chi connectivity index (χ4n) is 3.26. The molecule has 0 aromatic heterocycles. The molecule has 1 aromatic rings. The summed E-state index contributed by atoms with van der Waals surface area (Å²) in [7, 11) is 0. The Bertz CT molecular complexity index is 772. The molecule has 2 amide bonds. The lowest BCUT2D eigenvalue weighted by Crippen LogP contribution is -2.49. The van der Waals surface area contributed by atoms with Crippen LogP contribution in [-0.2, 0) is 9.59 Å². The molecule has 0 saturated heterocycles. The number of halogens is 3. The van der Waals surface area contributed by atoms with Gasteiger partial charge in [-0.2, -0.15) is 18.3 Å². The third kappa shape index (κ3) is 4.67. The molecule has 3 rings (SSSR count). The maximum absolute atomic E-state index is 13.0. The van der Waals surface area contributed by atoms with E-state index in [2.05, 4.69) is 5.10 Å². The van der Waals surface area contributed by atoms with Gasteiger partial charge in [0.1, 0.15) is 12.3 Å². The van der Waals surface area contributed by atoms with Crippen molar-refractivity contribution >= 4 is 23.2 Å².